The van der Waals surface area contributed by atoms with Crippen molar-refractivity contribution in [3.8, 4) is 11.5 Å². The molecule has 0 aliphatic carbocycles. The molecule has 0 saturated carbocycles. The van der Waals surface area contributed by atoms with E-state index < -0.39 is 0 Å². The normalized spacial score (nSPS) is 13.1. The van der Waals surface area contributed by atoms with Gasteiger partial charge in [-0.05, 0) is 48.6 Å². The minimum absolute atomic E-state index is 0.0607. The van der Waals surface area contributed by atoms with Crippen LogP contribution in [0.4, 0.5) is 10.8 Å². The van der Waals surface area contributed by atoms with Gasteiger partial charge in [-0.15, -0.1) is 10.2 Å². The van der Waals surface area contributed by atoms with Crippen LogP contribution in [-0.2, 0) is 17.6 Å². The smallest absolute Gasteiger partial charge is 0.231 e. The number of nitrogens with zero attached hydrogens (tertiary/aromatic N) is 2. The monoisotopic (exact) mass is 470 g/mol. The Labute approximate surface area is 195 Å². The molecule has 0 fully saturated rings. The summed E-state index contributed by atoms with van der Waals surface area (Å²) < 4.78 is 11.5. The molecule has 0 radical (unpaired) electrons. The van der Waals surface area contributed by atoms with Gasteiger partial charge < -0.3 is 20.1 Å². The molecule has 4 rings (SSSR count). The Bertz CT molecular complexity index is 1080. The van der Waals surface area contributed by atoms with Crippen LogP contribution in [0.15, 0.2) is 40.7 Å². The summed E-state index contributed by atoms with van der Waals surface area (Å²) in [4.78, 5) is 12.5. The van der Waals surface area contributed by atoms with Crippen LogP contribution in [0.1, 0.15) is 43.5 Å². The van der Waals surface area contributed by atoms with Gasteiger partial charge in [0.2, 0.25) is 17.8 Å². The van der Waals surface area contributed by atoms with E-state index in [1.807, 2.05) is 25.1 Å². The minimum Gasteiger partial charge on any atom is -0.454 e. The second-order valence-electron chi connectivity index (χ2n) is 7.35. The molecule has 1 aromatic heterocycles. The second-order valence-corrected chi connectivity index (χ2v) is 9.55. The van der Waals surface area contributed by atoms with Crippen molar-refractivity contribution >= 4 is 39.8 Å². The zero-order valence-corrected chi connectivity index (χ0v) is 19.9. The highest BCUT2D eigenvalue weighted by atomic mass is 32.2. The van der Waals surface area contributed by atoms with E-state index in [0.29, 0.717) is 5.75 Å². The SMILES string of the molecule is CCc1cccc(CC)c1Nc1nnc(SCC(=O)NC(C)c2ccc3c(c2)OCO3)s1. The van der Waals surface area contributed by atoms with Crippen molar-refractivity contribution in [1.82, 2.24) is 15.5 Å². The Balaban J connectivity index is 1.32. The molecule has 2 aromatic carbocycles. The molecule has 32 heavy (non-hydrogen) atoms. The number of amides is 1. The number of para-hydroxylation sites is 1. The molecule has 1 atom stereocenters. The molecule has 2 N–H and O–H groups in total. The van der Waals surface area contributed by atoms with Crippen LogP contribution < -0.4 is 20.1 Å². The van der Waals surface area contributed by atoms with Crippen molar-refractivity contribution in [2.75, 3.05) is 17.9 Å². The van der Waals surface area contributed by atoms with E-state index in [1.165, 1.54) is 34.2 Å². The number of ether oxygens (including phenoxy) is 2. The fourth-order valence-corrected chi connectivity index (χ4v) is 5.07. The summed E-state index contributed by atoms with van der Waals surface area (Å²) in [6, 6.07) is 11.9. The second kappa shape index (κ2) is 10.2. The lowest BCUT2D eigenvalue weighted by Crippen LogP contribution is -2.28. The standard InChI is InChI=1S/C23H26N4O3S2/c1-4-15-7-6-8-16(5-2)21(15)25-22-26-27-23(32-22)31-12-20(28)24-14(3)17-9-10-18-19(11-17)30-13-29-18/h6-11,14H,4-5,12-13H2,1-3H3,(H,24,28)(H,25,26). The fourth-order valence-electron chi connectivity index (χ4n) is 3.50. The molecule has 0 bridgehead atoms. The third-order valence-corrected chi connectivity index (χ3v) is 7.21. The van der Waals surface area contributed by atoms with Crippen LogP contribution >= 0.6 is 23.1 Å². The van der Waals surface area contributed by atoms with Crippen molar-refractivity contribution in [3.63, 3.8) is 0 Å². The van der Waals surface area contributed by atoms with Gasteiger partial charge in [-0.1, -0.05) is 61.2 Å². The molecule has 2 heterocycles. The molecule has 168 valence electrons. The largest absolute Gasteiger partial charge is 0.454 e. The maximum absolute atomic E-state index is 12.5. The number of hydrogen-bond acceptors (Lipinski definition) is 8. The number of carbonyl (C=O) groups excluding carboxylic acids is 1. The Hall–Kier alpha value is -2.78. The van der Waals surface area contributed by atoms with E-state index in [9.17, 15) is 4.79 Å². The van der Waals surface area contributed by atoms with Crippen LogP contribution in [0.25, 0.3) is 0 Å². The van der Waals surface area contributed by atoms with E-state index in [2.05, 4.69) is 52.9 Å². The summed E-state index contributed by atoms with van der Waals surface area (Å²) in [5, 5.41) is 15.7. The molecule has 9 heteroatoms. The van der Waals surface area contributed by atoms with Crippen LogP contribution in [-0.4, -0.2) is 28.7 Å². The molecule has 0 saturated heterocycles. The molecule has 7 nitrogen and oxygen atoms in total. The molecular formula is C23H26N4O3S2. The van der Waals surface area contributed by atoms with E-state index >= 15 is 0 Å². The molecule has 3 aromatic rings. The topological polar surface area (TPSA) is 85.4 Å². The number of hydrogen-bond donors (Lipinski definition) is 2. The van der Waals surface area contributed by atoms with Gasteiger partial charge in [0.1, 0.15) is 0 Å². The Morgan fingerprint density at radius 1 is 1.12 bits per heavy atom. The number of nitrogens with one attached hydrogen (secondary N) is 2. The molecular weight excluding hydrogens is 444 g/mol. The van der Waals surface area contributed by atoms with E-state index in [-0.39, 0.29) is 24.5 Å². The quantitative estimate of drug-likeness (QED) is 0.421. The Kier molecular flexibility index (Phi) is 7.16. The lowest BCUT2D eigenvalue weighted by Gasteiger charge is -2.14. The van der Waals surface area contributed by atoms with Gasteiger partial charge in [-0.25, -0.2) is 0 Å². The number of carbonyl (C=O) groups is 1. The maximum atomic E-state index is 12.5. The van der Waals surface area contributed by atoms with Gasteiger partial charge in [0, 0.05) is 5.69 Å². The van der Waals surface area contributed by atoms with E-state index in [0.717, 1.165) is 39.3 Å². The summed E-state index contributed by atoms with van der Waals surface area (Å²) in [7, 11) is 0. The highest BCUT2D eigenvalue weighted by molar-refractivity contribution is 8.01. The van der Waals surface area contributed by atoms with Gasteiger partial charge in [0.15, 0.2) is 15.8 Å². The summed E-state index contributed by atoms with van der Waals surface area (Å²) in [5.41, 5.74) is 4.59. The predicted octanol–water partition coefficient (Wildman–Crippen LogP) is 5.10. The number of rotatable bonds is 9. The maximum Gasteiger partial charge on any atom is 0.231 e. The van der Waals surface area contributed by atoms with Crippen LogP contribution in [0, 0.1) is 0 Å². The average molecular weight is 471 g/mol. The van der Waals surface area contributed by atoms with Crippen molar-refractivity contribution in [3.05, 3.63) is 53.1 Å². The molecule has 0 spiro atoms. The van der Waals surface area contributed by atoms with E-state index in [4.69, 9.17) is 9.47 Å². The molecule has 1 aliphatic heterocycles. The third-order valence-electron chi connectivity index (χ3n) is 5.24. The van der Waals surface area contributed by atoms with Gasteiger partial charge >= 0.3 is 0 Å². The van der Waals surface area contributed by atoms with Crippen LogP contribution in [0.3, 0.4) is 0 Å². The first-order valence-electron chi connectivity index (χ1n) is 10.6. The first-order valence-corrected chi connectivity index (χ1v) is 12.4. The summed E-state index contributed by atoms with van der Waals surface area (Å²) in [6.45, 7) is 6.47. The first kappa shape index (κ1) is 22.4. The van der Waals surface area contributed by atoms with Gasteiger partial charge in [0.25, 0.3) is 0 Å². The van der Waals surface area contributed by atoms with Crippen molar-refractivity contribution < 1.29 is 14.3 Å². The fraction of sp³-hybridized carbons (Fsp3) is 0.348. The number of fused-ring (bicyclic) bond motifs is 1. The third kappa shape index (κ3) is 5.16. The first-order chi connectivity index (χ1) is 15.6. The summed E-state index contributed by atoms with van der Waals surface area (Å²) >= 11 is 2.84. The number of benzene rings is 2. The number of aryl methyl sites for hydroxylation is 2. The minimum atomic E-state index is -0.137. The Morgan fingerprint density at radius 3 is 2.62 bits per heavy atom. The molecule has 1 aliphatic rings. The zero-order valence-electron chi connectivity index (χ0n) is 18.3. The summed E-state index contributed by atoms with van der Waals surface area (Å²) in [6.07, 6.45) is 1.89. The Morgan fingerprint density at radius 2 is 1.88 bits per heavy atom. The predicted molar refractivity (Wildman–Crippen MR) is 128 cm³/mol. The molecule has 1 amide bonds. The van der Waals surface area contributed by atoms with Crippen LogP contribution in [0.2, 0.25) is 0 Å². The lowest BCUT2D eigenvalue weighted by atomic mass is 10.0. The van der Waals surface area contributed by atoms with Gasteiger partial charge in [-0.2, -0.15) is 0 Å². The summed E-state index contributed by atoms with van der Waals surface area (Å²) in [5.74, 6) is 1.66. The lowest BCUT2D eigenvalue weighted by molar-refractivity contribution is -0.119. The number of thioether (sulfide) groups is 1. The highest BCUT2D eigenvalue weighted by Gasteiger charge is 2.17. The number of aromatic nitrogens is 2. The average Bonchev–Trinajstić information content (AvgIpc) is 3.46. The van der Waals surface area contributed by atoms with Crippen molar-refractivity contribution in [1.29, 1.82) is 0 Å². The van der Waals surface area contributed by atoms with Gasteiger partial charge in [-0.3, -0.25) is 4.79 Å². The van der Waals surface area contributed by atoms with Crippen molar-refractivity contribution in [2.45, 2.75) is 44.0 Å². The number of anilines is 2. The highest BCUT2D eigenvalue weighted by Crippen LogP contribution is 2.34. The van der Waals surface area contributed by atoms with E-state index in [1.54, 1.807) is 0 Å². The van der Waals surface area contributed by atoms with Crippen LogP contribution in [0.5, 0.6) is 11.5 Å². The van der Waals surface area contributed by atoms with Crippen molar-refractivity contribution in [2.24, 2.45) is 0 Å². The molecule has 1 unspecified atom stereocenters. The van der Waals surface area contributed by atoms with Gasteiger partial charge in [0.05, 0.1) is 11.8 Å². The zero-order chi connectivity index (χ0) is 22.5.